The first kappa shape index (κ1) is 12.6. The quantitative estimate of drug-likeness (QED) is 0.756. The zero-order valence-electron chi connectivity index (χ0n) is 10.3. The maximum atomic E-state index is 11.8. The van der Waals surface area contributed by atoms with Gasteiger partial charge in [0.25, 0.3) is 0 Å². The van der Waals surface area contributed by atoms with Crippen LogP contribution in [0.2, 0.25) is 0 Å². The fourth-order valence-corrected chi connectivity index (χ4v) is 1.24. The summed E-state index contributed by atoms with van der Waals surface area (Å²) in [6.45, 7) is 5.48. The van der Waals surface area contributed by atoms with E-state index in [-0.39, 0.29) is 5.97 Å². The van der Waals surface area contributed by atoms with E-state index in [1.807, 2.05) is 20.8 Å². The van der Waals surface area contributed by atoms with Crippen LogP contribution in [0.4, 0.5) is 0 Å². The number of carbonyl (C=O) groups is 1. The Morgan fingerprint density at radius 2 is 2.19 bits per heavy atom. The fraction of sp³-hybridized carbons (Fsp3) is 0.700. The van der Waals surface area contributed by atoms with Crippen molar-refractivity contribution in [3.05, 3.63) is 11.9 Å². The van der Waals surface area contributed by atoms with Gasteiger partial charge in [-0.05, 0) is 27.8 Å². The molecule has 0 aromatic carbocycles. The van der Waals surface area contributed by atoms with Crippen molar-refractivity contribution in [3.8, 4) is 0 Å². The number of likely N-dealkylation sites (N-methyl/N-ethyl adjacent to an activating group) is 1. The van der Waals surface area contributed by atoms with Crippen LogP contribution in [-0.2, 0) is 16.6 Å². The molecule has 0 radical (unpaired) electrons. The molecule has 0 amide bonds. The number of rotatable bonds is 3. The van der Waals surface area contributed by atoms with Gasteiger partial charge in [0.1, 0.15) is 11.3 Å². The highest BCUT2D eigenvalue weighted by atomic mass is 16.6. The van der Waals surface area contributed by atoms with Crippen LogP contribution >= 0.6 is 0 Å². The van der Waals surface area contributed by atoms with Crippen LogP contribution in [0.15, 0.2) is 6.20 Å². The standard InChI is InChI=1S/C10H18N4O2/c1-10(2,3)16-9(15)8(11-4)7-6-12-14(5)13-7/h6,8,11H,1-5H3. The van der Waals surface area contributed by atoms with Crippen LogP contribution in [0, 0.1) is 0 Å². The zero-order valence-corrected chi connectivity index (χ0v) is 10.3. The van der Waals surface area contributed by atoms with Crippen molar-refractivity contribution in [1.29, 1.82) is 0 Å². The molecule has 1 heterocycles. The number of ether oxygens (including phenoxy) is 1. The molecule has 90 valence electrons. The van der Waals surface area contributed by atoms with E-state index in [9.17, 15) is 4.79 Å². The Morgan fingerprint density at radius 3 is 2.56 bits per heavy atom. The third kappa shape index (κ3) is 3.30. The molecular formula is C10H18N4O2. The summed E-state index contributed by atoms with van der Waals surface area (Å²) < 4.78 is 5.28. The van der Waals surface area contributed by atoms with Crippen molar-refractivity contribution >= 4 is 5.97 Å². The van der Waals surface area contributed by atoms with Gasteiger partial charge in [-0.3, -0.25) is 0 Å². The van der Waals surface area contributed by atoms with E-state index in [1.165, 1.54) is 4.80 Å². The van der Waals surface area contributed by atoms with Crippen molar-refractivity contribution in [2.45, 2.75) is 32.4 Å². The average Bonchev–Trinajstić information content (AvgIpc) is 2.49. The number of hydrogen-bond donors (Lipinski definition) is 1. The van der Waals surface area contributed by atoms with Gasteiger partial charge < -0.3 is 10.1 Å². The Balaban J connectivity index is 2.79. The number of esters is 1. The molecule has 6 heteroatoms. The predicted molar refractivity (Wildman–Crippen MR) is 58.6 cm³/mol. The molecule has 1 unspecified atom stereocenters. The van der Waals surface area contributed by atoms with Gasteiger partial charge in [-0.2, -0.15) is 15.0 Å². The Morgan fingerprint density at radius 1 is 1.56 bits per heavy atom. The van der Waals surface area contributed by atoms with Crippen molar-refractivity contribution in [2.24, 2.45) is 7.05 Å². The lowest BCUT2D eigenvalue weighted by molar-refractivity contribution is -0.157. The van der Waals surface area contributed by atoms with Gasteiger partial charge in [0.05, 0.1) is 6.20 Å². The molecule has 0 aliphatic rings. The highest BCUT2D eigenvalue weighted by Crippen LogP contribution is 2.15. The second-order valence-corrected chi connectivity index (χ2v) is 4.51. The predicted octanol–water partition coefficient (Wildman–Crippen LogP) is 0.417. The highest BCUT2D eigenvalue weighted by Gasteiger charge is 2.27. The van der Waals surface area contributed by atoms with E-state index in [2.05, 4.69) is 15.5 Å². The second kappa shape index (κ2) is 4.61. The number of nitrogens with zero attached hydrogens (tertiary/aromatic N) is 3. The highest BCUT2D eigenvalue weighted by molar-refractivity contribution is 5.77. The molecule has 0 fully saturated rings. The first-order valence-electron chi connectivity index (χ1n) is 5.10. The van der Waals surface area contributed by atoms with Crippen LogP contribution in [0.3, 0.4) is 0 Å². The van der Waals surface area contributed by atoms with E-state index < -0.39 is 11.6 Å². The molecule has 0 bridgehead atoms. The maximum Gasteiger partial charge on any atom is 0.330 e. The lowest BCUT2D eigenvalue weighted by Crippen LogP contribution is -2.33. The van der Waals surface area contributed by atoms with Crippen molar-refractivity contribution in [3.63, 3.8) is 0 Å². The van der Waals surface area contributed by atoms with Crippen molar-refractivity contribution in [2.75, 3.05) is 7.05 Å². The average molecular weight is 226 g/mol. The number of nitrogens with one attached hydrogen (secondary N) is 1. The molecule has 0 saturated heterocycles. The van der Waals surface area contributed by atoms with Crippen LogP contribution in [0.25, 0.3) is 0 Å². The summed E-state index contributed by atoms with van der Waals surface area (Å²) in [7, 11) is 3.38. The van der Waals surface area contributed by atoms with Crippen molar-refractivity contribution in [1.82, 2.24) is 20.3 Å². The summed E-state index contributed by atoms with van der Waals surface area (Å²) in [5.41, 5.74) is 0.0493. The van der Waals surface area contributed by atoms with Crippen LogP contribution < -0.4 is 5.32 Å². The number of aromatic nitrogens is 3. The second-order valence-electron chi connectivity index (χ2n) is 4.51. The molecule has 0 aliphatic carbocycles. The van der Waals surface area contributed by atoms with E-state index in [1.54, 1.807) is 20.3 Å². The first-order valence-corrected chi connectivity index (χ1v) is 5.10. The van der Waals surface area contributed by atoms with E-state index >= 15 is 0 Å². The van der Waals surface area contributed by atoms with E-state index in [0.29, 0.717) is 5.69 Å². The Labute approximate surface area is 95.0 Å². The third-order valence-electron chi connectivity index (χ3n) is 1.84. The smallest absolute Gasteiger partial charge is 0.330 e. The normalized spacial score (nSPS) is 13.6. The van der Waals surface area contributed by atoms with Crippen LogP contribution in [-0.4, -0.2) is 33.6 Å². The summed E-state index contributed by atoms with van der Waals surface area (Å²) in [4.78, 5) is 13.2. The molecule has 16 heavy (non-hydrogen) atoms. The number of aryl methyl sites for hydroxylation is 1. The molecule has 0 saturated carbocycles. The minimum absolute atomic E-state index is 0.351. The summed E-state index contributed by atoms with van der Waals surface area (Å²) in [6, 6.07) is -0.576. The minimum atomic E-state index is -0.576. The van der Waals surface area contributed by atoms with Gasteiger partial charge >= 0.3 is 5.97 Å². The zero-order chi connectivity index (χ0) is 12.3. The SMILES string of the molecule is CNC(C(=O)OC(C)(C)C)c1cnn(C)n1. The summed E-state index contributed by atoms with van der Waals surface area (Å²) in [5.74, 6) is -0.351. The van der Waals surface area contributed by atoms with Gasteiger partial charge in [0.15, 0.2) is 6.04 Å². The minimum Gasteiger partial charge on any atom is -0.459 e. The fourth-order valence-electron chi connectivity index (χ4n) is 1.24. The molecule has 1 rings (SSSR count). The molecule has 1 aromatic heterocycles. The maximum absolute atomic E-state index is 11.8. The third-order valence-corrected chi connectivity index (χ3v) is 1.84. The van der Waals surface area contributed by atoms with Crippen LogP contribution in [0.5, 0.6) is 0 Å². The van der Waals surface area contributed by atoms with Gasteiger partial charge in [0, 0.05) is 7.05 Å². The molecule has 1 aromatic rings. The summed E-state index contributed by atoms with van der Waals surface area (Å²) >= 11 is 0. The lowest BCUT2D eigenvalue weighted by atomic mass is 10.1. The topological polar surface area (TPSA) is 69.0 Å². The van der Waals surface area contributed by atoms with Gasteiger partial charge in [0.2, 0.25) is 0 Å². The molecule has 1 N–H and O–H groups in total. The molecule has 0 aliphatic heterocycles. The molecule has 6 nitrogen and oxygen atoms in total. The molecule has 1 atom stereocenters. The number of hydrogen-bond acceptors (Lipinski definition) is 5. The molecular weight excluding hydrogens is 208 g/mol. The van der Waals surface area contributed by atoms with E-state index in [0.717, 1.165) is 0 Å². The number of carbonyl (C=O) groups excluding carboxylic acids is 1. The first-order chi connectivity index (χ1) is 7.33. The Hall–Kier alpha value is -1.43. The van der Waals surface area contributed by atoms with Crippen molar-refractivity contribution < 1.29 is 9.53 Å². The Kier molecular flexibility index (Phi) is 3.64. The lowest BCUT2D eigenvalue weighted by Gasteiger charge is -2.22. The van der Waals surface area contributed by atoms with Gasteiger partial charge in [-0.25, -0.2) is 4.79 Å². The summed E-state index contributed by atoms with van der Waals surface area (Å²) in [5, 5.41) is 10.9. The van der Waals surface area contributed by atoms with Gasteiger partial charge in [-0.15, -0.1) is 0 Å². The monoisotopic (exact) mass is 226 g/mol. The van der Waals surface area contributed by atoms with Gasteiger partial charge in [-0.1, -0.05) is 0 Å². The Bertz CT molecular complexity index is 367. The largest absolute Gasteiger partial charge is 0.459 e. The van der Waals surface area contributed by atoms with E-state index in [4.69, 9.17) is 4.74 Å². The van der Waals surface area contributed by atoms with Crippen LogP contribution in [0.1, 0.15) is 32.5 Å². The summed E-state index contributed by atoms with van der Waals surface area (Å²) in [6.07, 6.45) is 1.55. The molecule has 0 spiro atoms.